The first-order valence-corrected chi connectivity index (χ1v) is 3.65. The minimum Gasteiger partial charge on any atom is -0.236 e. The maximum Gasteiger partial charge on any atom is 0.159 e. The Hall–Kier alpha value is -1.70. The molecule has 1 aromatic heterocycles. The lowest BCUT2D eigenvalue weighted by Crippen LogP contribution is -1.87. The Morgan fingerprint density at radius 2 is 2.08 bits per heavy atom. The molecule has 0 spiro atoms. The molecule has 12 heavy (non-hydrogen) atoms. The number of fused-ring (bicyclic) bond motifs is 1. The molecule has 0 unspecified atom stereocenters. The van der Waals surface area contributed by atoms with Gasteiger partial charge in [0.25, 0.3) is 0 Å². The molecule has 0 saturated heterocycles. The lowest BCUT2D eigenvalue weighted by molar-refractivity contribution is 1.14. The molecule has 1 aromatic carbocycles. The van der Waals surface area contributed by atoms with Crippen molar-refractivity contribution in [3.05, 3.63) is 48.9 Å². The molecule has 0 fully saturated rings. The predicted octanol–water partition coefficient (Wildman–Crippen LogP) is 1.97. The van der Waals surface area contributed by atoms with Gasteiger partial charge < -0.3 is 0 Å². The van der Waals surface area contributed by atoms with E-state index < -0.39 is 0 Å². The smallest absolute Gasteiger partial charge is 0.159 e. The second-order valence-electron chi connectivity index (χ2n) is 2.43. The molecular weight excluding hydrogens is 148 g/mol. The highest BCUT2D eigenvalue weighted by Crippen LogP contribution is 2.08. The molecule has 0 aliphatic heterocycles. The summed E-state index contributed by atoms with van der Waals surface area (Å²) < 4.78 is 0. The molecule has 0 aliphatic rings. The van der Waals surface area contributed by atoms with E-state index >= 15 is 0 Å². The molecule has 0 N–H and O–H groups in total. The summed E-state index contributed by atoms with van der Waals surface area (Å²) in [6, 6.07) is 7.82. The van der Waals surface area contributed by atoms with Gasteiger partial charge in [-0.3, -0.25) is 0 Å². The summed E-state index contributed by atoms with van der Waals surface area (Å²) in [6.07, 6.45) is 4.42. The molecule has 0 bridgehead atoms. The normalized spacial score (nSPS) is 10.0. The van der Waals surface area contributed by atoms with Crippen LogP contribution in [0.1, 0.15) is 5.82 Å². The van der Waals surface area contributed by atoms with Crippen molar-refractivity contribution in [2.75, 3.05) is 0 Å². The van der Waals surface area contributed by atoms with Crippen LogP contribution in [0.4, 0.5) is 0 Å². The van der Waals surface area contributed by atoms with Crippen LogP contribution in [0.25, 0.3) is 10.9 Å². The third kappa shape index (κ3) is 1.07. The van der Waals surface area contributed by atoms with Crippen molar-refractivity contribution in [1.29, 1.82) is 0 Å². The predicted molar refractivity (Wildman–Crippen MR) is 47.5 cm³/mol. The van der Waals surface area contributed by atoms with E-state index in [2.05, 4.69) is 22.6 Å². The van der Waals surface area contributed by atoms with Crippen LogP contribution in [0.3, 0.4) is 0 Å². The van der Waals surface area contributed by atoms with Gasteiger partial charge in [0.2, 0.25) is 0 Å². The standard InChI is InChI=1S/C10H7N2/c1-2-10-11-7-8-5-3-4-6-9(8)12-10/h3-7H,1H2. The van der Waals surface area contributed by atoms with Gasteiger partial charge in [-0.1, -0.05) is 24.8 Å². The number of nitrogens with zero attached hydrogens (tertiary/aromatic N) is 2. The lowest BCUT2D eigenvalue weighted by atomic mass is 10.2. The number of hydrogen-bond acceptors (Lipinski definition) is 2. The van der Waals surface area contributed by atoms with E-state index in [-0.39, 0.29) is 0 Å². The van der Waals surface area contributed by atoms with Gasteiger partial charge in [-0.05, 0) is 6.07 Å². The molecule has 0 amide bonds. The summed E-state index contributed by atoms with van der Waals surface area (Å²) in [7, 11) is 0. The molecule has 2 nitrogen and oxygen atoms in total. The van der Waals surface area contributed by atoms with Crippen LogP contribution in [0.15, 0.2) is 37.0 Å². The van der Waals surface area contributed by atoms with Gasteiger partial charge in [-0.15, -0.1) is 0 Å². The number of hydrogen-bond donors (Lipinski definition) is 0. The van der Waals surface area contributed by atoms with Crippen LogP contribution >= 0.6 is 0 Å². The van der Waals surface area contributed by atoms with Gasteiger partial charge in [0.1, 0.15) is 0 Å². The largest absolute Gasteiger partial charge is 0.236 e. The van der Waals surface area contributed by atoms with Gasteiger partial charge in [-0.2, -0.15) is 0 Å². The van der Waals surface area contributed by atoms with Crippen molar-refractivity contribution in [2.45, 2.75) is 0 Å². The summed E-state index contributed by atoms with van der Waals surface area (Å²) >= 11 is 0. The quantitative estimate of drug-likeness (QED) is 0.629. The Bertz CT molecular complexity index is 421. The van der Waals surface area contributed by atoms with Gasteiger partial charge >= 0.3 is 0 Å². The van der Waals surface area contributed by atoms with E-state index in [9.17, 15) is 0 Å². The van der Waals surface area contributed by atoms with E-state index in [1.807, 2.05) is 24.3 Å². The third-order valence-electron chi connectivity index (χ3n) is 1.65. The van der Waals surface area contributed by atoms with Crippen LogP contribution in [-0.4, -0.2) is 9.97 Å². The Kier molecular flexibility index (Phi) is 1.59. The first-order valence-electron chi connectivity index (χ1n) is 3.65. The molecule has 2 aromatic rings. The van der Waals surface area contributed by atoms with E-state index in [4.69, 9.17) is 0 Å². The topological polar surface area (TPSA) is 25.8 Å². The van der Waals surface area contributed by atoms with Crippen LogP contribution in [0.5, 0.6) is 0 Å². The molecule has 57 valence electrons. The molecule has 0 saturated carbocycles. The molecule has 0 atom stereocenters. The monoisotopic (exact) mass is 155 g/mol. The SMILES string of the molecule is C=[C]c1ncc2ccccc2n1. The number of para-hydroxylation sites is 1. The maximum atomic E-state index is 4.21. The fourth-order valence-corrected chi connectivity index (χ4v) is 1.06. The van der Waals surface area contributed by atoms with Crippen molar-refractivity contribution in [1.82, 2.24) is 9.97 Å². The highest BCUT2D eigenvalue weighted by Gasteiger charge is 1.94. The van der Waals surface area contributed by atoms with Gasteiger partial charge in [0.15, 0.2) is 5.82 Å². The Labute approximate surface area is 70.6 Å². The van der Waals surface area contributed by atoms with Crippen molar-refractivity contribution in [2.24, 2.45) is 0 Å². The number of rotatable bonds is 1. The highest BCUT2D eigenvalue weighted by atomic mass is 14.9. The van der Waals surface area contributed by atoms with Crippen LogP contribution < -0.4 is 0 Å². The van der Waals surface area contributed by atoms with Crippen LogP contribution in [0.2, 0.25) is 0 Å². The minimum absolute atomic E-state index is 0.550. The maximum absolute atomic E-state index is 4.21. The zero-order chi connectivity index (χ0) is 8.39. The second-order valence-corrected chi connectivity index (χ2v) is 2.43. The molecule has 1 radical (unpaired) electrons. The molecule has 2 rings (SSSR count). The molecule has 2 heteroatoms. The molecular formula is C10H7N2. The molecule has 0 aliphatic carbocycles. The van der Waals surface area contributed by atoms with Crippen molar-refractivity contribution in [3.8, 4) is 0 Å². The summed E-state index contributed by atoms with van der Waals surface area (Å²) in [4.78, 5) is 8.25. The second kappa shape index (κ2) is 2.74. The zero-order valence-corrected chi connectivity index (χ0v) is 6.49. The first kappa shape index (κ1) is 6.98. The highest BCUT2D eigenvalue weighted by molar-refractivity contribution is 5.77. The average Bonchev–Trinajstić information content (AvgIpc) is 2.17. The summed E-state index contributed by atoms with van der Waals surface area (Å²) in [5.41, 5.74) is 0.929. The summed E-state index contributed by atoms with van der Waals surface area (Å²) in [6.45, 7) is 3.49. The van der Waals surface area contributed by atoms with Crippen molar-refractivity contribution < 1.29 is 0 Å². The van der Waals surface area contributed by atoms with Crippen LogP contribution in [0, 0.1) is 6.08 Å². The van der Waals surface area contributed by atoms with E-state index in [1.54, 1.807) is 6.20 Å². The summed E-state index contributed by atoms with van der Waals surface area (Å²) in [5, 5.41) is 1.04. The van der Waals surface area contributed by atoms with Gasteiger partial charge in [-0.25, -0.2) is 9.97 Å². The first-order chi connectivity index (χ1) is 5.90. The van der Waals surface area contributed by atoms with Crippen molar-refractivity contribution >= 4 is 10.9 Å². The lowest BCUT2D eigenvalue weighted by Gasteiger charge is -1.95. The van der Waals surface area contributed by atoms with Gasteiger partial charge in [0, 0.05) is 17.7 Å². The fourth-order valence-electron chi connectivity index (χ4n) is 1.06. The third-order valence-corrected chi connectivity index (χ3v) is 1.65. The van der Waals surface area contributed by atoms with E-state index in [1.165, 1.54) is 0 Å². The zero-order valence-electron chi connectivity index (χ0n) is 6.49. The van der Waals surface area contributed by atoms with E-state index in [0.717, 1.165) is 10.9 Å². The Balaban J connectivity index is 2.75. The Morgan fingerprint density at radius 3 is 2.92 bits per heavy atom. The van der Waals surface area contributed by atoms with Gasteiger partial charge in [0.05, 0.1) is 5.52 Å². The number of aromatic nitrogens is 2. The minimum atomic E-state index is 0.550. The summed E-state index contributed by atoms with van der Waals surface area (Å²) in [5.74, 6) is 0.550. The van der Waals surface area contributed by atoms with Crippen LogP contribution in [-0.2, 0) is 0 Å². The number of benzene rings is 1. The average molecular weight is 155 g/mol. The fraction of sp³-hybridized carbons (Fsp3) is 0. The van der Waals surface area contributed by atoms with E-state index in [0.29, 0.717) is 5.82 Å². The van der Waals surface area contributed by atoms with Crippen molar-refractivity contribution in [3.63, 3.8) is 0 Å². The molecule has 1 heterocycles. The Morgan fingerprint density at radius 1 is 1.25 bits per heavy atom.